The Bertz CT molecular complexity index is 1260. The molecule has 6 heteroatoms. The Kier molecular flexibility index (Phi) is 4.99. The lowest BCUT2D eigenvalue weighted by molar-refractivity contribution is 0.768. The molecule has 2 radical (unpaired) electrons. The van der Waals surface area contributed by atoms with Crippen LogP contribution < -0.4 is 0 Å². The zero-order valence-corrected chi connectivity index (χ0v) is 17.6. The molecule has 29 heavy (non-hydrogen) atoms. The molecule has 0 saturated heterocycles. The third kappa shape index (κ3) is 3.40. The molecule has 0 bridgehead atoms. The summed E-state index contributed by atoms with van der Waals surface area (Å²) in [5, 5.41) is 10.9. The quantitative estimate of drug-likeness (QED) is 0.385. The predicted octanol–water partition coefficient (Wildman–Crippen LogP) is 4.98. The highest BCUT2D eigenvalue weighted by Gasteiger charge is 2.21. The van der Waals surface area contributed by atoms with Crippen molar-refractivity contribution in [3.05, 3.63) is 102 Å². The molecule has 0 spiro atoms. The van der Waals surface area contributed by atoms with E-state index in [1.165, 1.54) is 5.56 Å². The molecule has 0 N–H and O–H groups in total. The summed E-state index contributed by atoms with van der Waals surface area (Å²) in [4.78, 5) is 1.11. The number of fused-ring (bicyclic) bond motifs is 1. The van der Waals surface area contributed by atoms with Crippen LogP contribution in [-0.2, 0) is 6.42 Å². The zero-order chi connectivity index (χ0) is 19.6. The number of benzene rings is 3. The second kappa shape index (κ2) is 7.92. The molecule has 5 aromatic rings. The van der Waals surface area contributed by atoms with Crippen LogP contribution in [0.5, 0.6) is 0 Å². The van der Waals surface area contributed by atoms with Gasteiger partial charge in [0, 0.05) is 11.8 Å². The van der Waals surface area contributed by atoms with E-state index in [1.807, 2.05) is 52.0 Å². The van der Waals surface area contributed by atoms with Crippen molar-refractivity contribution >= 4 is 36.2 Å². The maximum absolute atomic E-state index is 5.03. The average molecular weight is 408 g/mol. The first-order chi connectivity index (χ1) is 14.3. The first-order valence-corrected chi connectivity index (χ1v) is 11.7. The molecule has 0 unspecified atom stereocenters. The van der Waals surface area contributed by atoms with E-state index < -0.39 is 0 Å². The van der Waals surface area contributed by atoms with Crippen LogP contribution in [0.2, 0.25) is 0 Å². The summed E-state index contributed by atoms with van der Waals surface area (Å²) >= 11 is 2.78. The topological polar surface area (TPSA) is 35.6 Å². The van der Waals surface area contributed by atoms with Gasteiger partial charge < -0.3 is 0 Å². The van der Waals surface area contributed by atoms with Gasteiger partial charge >= 0.3 is 0 Å². The van der Waals surface area contributed by atoms with Crippen molar-refractivity contribution in [2.75, 3.05) is 0 Å². The second-order valence-corrected chi connectivity index (χ2v) is 8.09. The van der Waals surface area contributed by atoms with Crippen molar-refractivity contribution < 1.29 is 0 Å². The van der Waals surface area contributed by atoms with Crippen molar-refractivity contribution in [3.63, 3.8) is 0 Å². The lowest BCUT2D eigenvalue weighted by Gasteiger charge is -2.10. The number of para-hydroxylation sites is 2. The van der Waals surface area contributed by atoms with E-state index in [2.05, 4.69) is 63.7 Å². The van der Waals surface area contributed by atoms with Gasteiger partial charge in [-0.25, -0.2) is 19.5 Å². The molecule has 138 valence electrons. The minimum absolute atomic E-state index is 0.767. The van der Waals surface area contributed by atoms with E-state index in [4.69, 9.17) is 10.2 Å². The molecule has 3 aromatic carbocycles. The molecular formula is C23H17AlN4S. The third-order valence-electron chi connectivity index (χ3n) is 4.90. The Balaban J connectivity index is 1.75. The highest BCUT2D eigenvalue weighted by atomic mass is 32.3. The fourth-order valence-electron chi connectivity index (χ4n) is 3.54. The van der Waals surface area contributed by atoms with Gasteiger partial charge in [0.25, 0.3) is 0 Å². The maximum Gasteiger partial charge on any atom is 0.241 e. The van der Waals surface area contributed by atoms with E-state index in [1.54, 1.807) is 10.1 Å². The summed E-state index contributed by atoms with van der Waals surface area (Å²) in [7, 11) is 1.64. The van der Waals surface area contributed by atoms with Crippen molar-refractivity contribution in [3.8, 4) is 11.5 Å². The standard InChI is InChI=1S/C23H18N4S.Al/c28-22-20(15-17-9-3-1-4-10-17)25-26(19-12-5-2-6-13-19)23(22)27-21-14-8-7-11-18(21)16-24-27;/h1-14,16,28H,15H2;/q;+1/p-1. The smallest absolute Gasteiger partial charge is 0.241 e. The molecular weight excluding hydrogens is 391 g/mol. The van der Waals surface area contributed by atoms with Crippen LogP contribution >= 0.6 is 10.1 Å². The van der Waals surface area contributed by atoms with E-state index in [0.29, 0.717) is 0 Å². The Morgan fingerprint density at radius 1 is 0.793 bits per heavy atom. The van der Waals surface area contributed by atoms with Crippen molar-refractivity contribution in [1.82, 2.24) is 19.6 Å². The summed E-state index contributed by atoms with van der Waals surface area (Å²) in [6.45, 7) is 0. The highest BCUT2D eigenvalue weighted by molar-refractivity contribution is 8.19. The Morgan fingerprint density at radius 3 is 2.24 bits per heavy atom. The van der Waals surface area contributed by atoms with Gasteiger partial charge in [0.1, 0.15) is 0 Å². The van der Waals surface area contributed by atoms with E-state index in [-0.39, 0.29) is 0 Å². The SMILES string of the molecule is [Al][S]c1c(Cc2ccccc2)nn(-c2ccccc2)c1-n1ncc2ccccc21. The number of hydrogen-bond acceptors (Lipinski definition) is 3. The van der Waals surface area contributed by atoms with Crippen LogP contribution in [0.4, 0.5) is 0 Å². The molecule has 0 saturated carbocycles. The van der Waals surface area contributed by atoms with E-state index >= 15 is 0 Å². The Labute approximate surface area is 180 Å². The largest absolute Gasteiger partial charge is 0.249 e. The molecule has 0 amide bonds. The van der Waals surface area contributed by atoms with Crippen LogP contribution in [0.1, 0.15) is 11.3 Å². The summed E-state index contributed by atoms with van der Waals surface area (Å²) in [6, 6.07) is 29.0. The minimum Gasteiger partial charge on any atom is -0.249 e. The lowest BCUT2D eigenvalue weighted by atomic mass is 10.1. The minimum atomic E-state index is 0.767. The monoisotopic (exact) mass is 408 g/mol. The number of hydrogen-bond donors (Lipinski definition) is 0. The number of nitrogens with zero attached hydrogens (tertiary/aromatic N) is 4. The van der Waals surface area contributed by atoms with Gasteiger partial charge in [-0.05, 0) is 23.8 Å². The fourth-order valence-corrected chi connectivity index (χ4v) is 4.79. The van der Waals surface area contributed by atoms with Crippen molar-refractivity contribution in [1.29, 1.82) is 0 Å². The summed E-state index contributed by atoms with van der Waals surface area (Å²) in [6.07, 6.45) is 2.68. The normalized spacial score (nSPS) is 11.2. The van der Waals surface area contributed by atoms with Crippen molar-refractivity contribution in [2.24, 2.45) is 0 Å². The van der Waals surface area contributed by atoms with Gasteiger partial charge in [-0.1, -0.05) is 66.7 Å². The highest BCUT2D eigenvalue weighted by Crippen LogP contribution is 2.33. The fraction of sp³-hybridized carbons (Fsp3) is 0.0435. The van der Waals surface area contributed by atoms with Gasteiger partial charge in [0.2, 0.25) is 15.2 Å². The van der Waals surface area contributed by atoms with Gasteiger partial charge in [-0.3, -0.25) is 0 Å². The molecule has 5 rings (SSSR count). The molecule has 0 aliphatic heterocycles. The average Bonchev–Trinajstić information content (AvgIpc) is 3.36. The molecule has 0 atom stereocenters. The zero-order valence-electron chi connectivity index (χ0n) is 15.6. The van der Waals surface area contributed by atoms with Crippen LogP contribution in [-0.4, -0.2) is 34.7 Å². The van der Waals surface area contributed by atoms with Gasteiger partial charge in [-0.15, -0.1) is 0 Å². The van der Waals surface area contributed by atoms with E-state index in [9.17, 15) is 0 Å². The molecule has 4 nitrogen and oxygen atoms in total. The Hall–Kier alpha value is -2.78. The first kappa shape index (κ1) is 18.3. The summed E-state index contributed by atoms with van der Waals surface area (Å²) in [5.41, 5.74) is 4.36. The molecule has 2 heterocycles. The maximum atomic E-state index is 5.03. The third-order valence-corrected chi connectivity index (χ3v) is 6.26. The molecule has 0 aliphatic carbocycles. The molecule has 0 fully saturated rings. The second-order valence-electron chi connectivity index (χ2n) is 6.74. The number of aromatic nitrogens is 4. The van der Waals surface area contributed by atoms with Crippen LogP contribution in [0.3, 0.4) is 0 Å². The van der Waals surface area contributed by atoms with Crippen LogP contribution in [0.25, 0.3) is 22.4 Å². The van der Waals surface area contributed by atoms with Crippen LogP contribution in [0, 0.1) is 0 Å². The summed E-state index contributed by atoms with van der Waals surface area (Å²) in [5.74, 6) is 0.961. The van der Waals surface area contributed by atoms with Gasteiger partial charge in [0.05, 0.1) is 28.0 Å². The summed E-state index contributed by atoms with van der Waals surface area (Å²) < 4.78 is 4.00. The molecule has 0 aliphatic rings. The van der Waals surface area contributed by atoms with Gasteiger partial charge in [-0.2, -0.15) is 10.2 Å². The van der Waals surface area contributed by atoms with Crippen molar-refractivity contribution in [2.45, 2.75) is 11.3 Å². The number of rotatable bonds is 5. The predicted molar refractivity (Wildman–Crippen MR) is 119 cm³/mol. The van der Waals surface area contributed by atoms with E-state index in [0.717, 1.165) is 39.4 Å². The Morgan fingerprint density at radius 2 is 1.48 bits per heavy atom. The van der Waals surface area contributed by atoms with Crippen LogP contribution in [0.15, 0.2) is 96.0 Å². The first-order valence-electron chi connectivity index (χ1n) is 9.36. The molecule has 2 aromatic heterocycles. The lowest BCUT2D eigenvalue weighted by Crippen LogP contribution is -2.07. The van der Waals surface area contributed by atoms with Gasteiger partial charge in [0.15, 0.2) is 5.82 Å².